The van der Waals surface area contributed by atoms with E-state index >= 15 is 0 Å². The Labute approximate surface area is 113 Å². The summed E-state index contributed by atoms with van der Waals surface area (Å²) in [5, 5.41) is 1.57. The van der Waals surface area contributed by atoms with E-state index in [1.54, 1.807) is 5.20 Å². The van der Waals surface area contributed by atoms with Crippen LogP contribution < -0.4 is 0 Å². The molecule has 0 aliphatic heterocycles. The van der Waals surface area contributed by atoms with Crippen molar-refractivity contribution in [3.05, 3.63) is 53.2 Å². The average molecular weight is 258 g/mol. The standard InChI is InChI=1S/C17H26Si/c1-5-6-8-13-17(18(2,3)4)15-14-16-11-9-7-10-12-16/h7,9-15H,5-6,8H2,1-4H3/b15-14+,17-13-. The molecule has 0 spiro atoms. The van der Waals surface area contributed by atoms with Crippen LogP contribution in [0.15, 0.2) is 47.7 Å². The molecule has 0 aliphatic rings. The van der Waals surface area contributed by atoms with Crippen LogP contribution in [0.2, 0.25) is 19.6 Å². The molecule has 0 N–H and O–H groups in total. The second kappa shape index (κ2) is 7.37. The van der Waals surface area contributed by atoms with Crippen LogP contribution in [0.3, 0.4) is 0 Å². The lowest BCUT2D eigenvalue weighted by Crippen LogP contribution is -2.22. The van der Waals surface area contributed by atoms with Gasteiger partial charge in [-0.3, -0.25) is 0 Å². The SMILES string of the molecule is CCCC/C=C(/C=C/c1ccccc1)[Si](C)(C)C. The molecule has 0 aromatic heterocycles. The van der Waals surface area contributed by atoms with E-state index in [0.29, 0.717) is 0 Å². The van der Waals surface area contributed by atoms with Crippen LogP contribution in [-0.2, 0) is 0 Å². The zero-order chi connectivity index (χ0) is 13.4. The van der Waals surface area contributed by atoms with Crippen LogP contribution in [0, 0.1) is 0 Å². The largest absolute Gasteiger partial charge is 0.0853 e. The Morgan fingerprint density at radius 3 is 2.33 bits per heavy atom. The minimum absolute atomic E-state index is 1.22. The molecule has 0 nitrogen and oxygen atoms in total. The van der Waals surface area contributed by atoms with Crippen molar-refractivity contribution in [3.8, 4) is 0 Å². The molecule has 0 atom stereocenters. The van der Waals surface area contributed by atoms with Crippen molar-refractivity contribution >= 4 is 14.1 Å². The summed E-state index contributed by atoms with van der Waals surface area (Å²) in [5.74, 6) is 0. The average Bonchev–Trinajstić information content (AvgIpc) is 2.33. The van der Waals surface area contributed by atoms with E-state index in [2.05, 4.69) is 75.1 Å². The normalized spacial score (nSPS) is 13.2. The predicted molar refractivity (Wildman–Crippen MR) is 86.4 cm³/mol. The molecule has 1 heteroatoms. The summed E-state index contributed by atoms with van der Waals surface area (Å²) in [4.78, 5) is 0. The van der Waals surface area contributed by atoms with Crippen LogP contribution in [0.5, 0.6) is 0 Å². The van der Waals surface area contributed by atoms with Gasteiger partial charge >= 0.3 is 0 Å². The van der Waals surface area contributed by atoms with Crippen LogP contribution in [0.4, 0.5) is 0 Å². The summed E-state index contributed by atoms with van der Waals surface area (Å²) in [5.41, 5.74) is 1.29. The summed E-state index contributed by atoms with van der Waals surface area (Å²) in [6, 6.07) is 10.6. The van der Waals surface area contributed by atoms with Gasteiger partial charge in [0.15, 0.2) is 0 Å². The number of benzene rings is 1. The maximum atomic E-state index is 2.45. The van der Waals surface area contributed by atoms with Crippen LogP contribution in [0.25, 0.3) is 6.08 Å². The van der Waals surface area contributed by atoms with E-state index < -0.39 is 8.07 Å². The summed E-state index contributed by atoms with van der Waals surface area (Å²) >= 11 is 0. The Morgan fingerprint density at radius 2 is 1.78 bits per heavy atom. The van der Waals surface area contributed by atoms with Gasteiger partial charge in [0.05, 0.1) is 8.07 Å². The Balaban J connectivity index is 2.79. The first-order valence-electron chi connectivity index (χ1n) is 6.98. The Bertz CT molecular complexity index is 393. The molecule has 0 heterocycles. The lowest BCUT2D eigenvalue weighted by atomic mass is 10.2. The van der Waals surface area contributed by atoms with Crippen molar-refractivity contribution in [2.45, 2.75) is 45.8 Å². The topological polar surface area (TPSA) is 0 Å². The van der Waals surface area contributed by atoms with Gasteiger partial charge in [-0.05, 0) is 12.0 Å². The van der Waals surface area contributed by atoms with E-state index in [9.17, 15) is 0 Å². The van der Waals surface area contributed by atoms with Gasteiger partial charge in [0.2, 0.25) is 0 Å². The third-order valence-electron chi connectivity index (χ3n) is 3.04. The maximum absolute atomic E-state index is 2.45. The van der Waals surface area contributed by atoms with Gasteiger partial charge in [-0.15, -0.1) is 0 Å². The van der Waals surface area contributed by atoms with Gasteiger partial charge in [0.25, 0.3) is 0 Å². The summed E-state index contributed by atoms with van der Waals surface area (Å²) in [7, 11) is -1.22. The van der Waals surface area contributed by atoms with Crippen LogP contribution in [-0.4, -0.2) is 8.07 Å². The number of allylic oxidation sites excluding steroid dienone is 3. The number of rotatable bonds is 6. The highest BCUT2D eigenvalue weighted by molar-refractivity contribution is 6.83. The van der Waals surface area contributed by atoms with Gasteiger partial charge in [-0.25, -0.2) is 0 Å². The third-order valence-corrected chi connectivity index (χ3v) is 5.15. The van der Waals surface area contributed by atoms with Crippen molar-refractivity contribution in [3.63, 3.8) is 0 Å². The van der Waals surface area contributed by atoms with Gasteiger partial charge in [-0.2, -0.15) is 0 Å². The molecule has 0 saturated heterocycles. The van der Waals surface area contributed by atoms with Crippen molar-refractivity contribution < 1.29 is 0 Å². The lowest BCUT2D eigenvalue weighted by molar-refractivity contribution is 0.814. The molecular weight excluding hydrogens is 232 g/mol. The second-order valence-corrected chi connectivity index (χ2v) is 10.9. The van der Waals surface area contributed by atoms with E-state index in [0.717, 1.165) is 0 Å². The minimum Gasteiger partial charge on any atom is -0.0853 e. The molecule has 0 radical (unpaired) electrons. The molecule has 1 rings (SSSR count). The monoisotopic (exact) mass is 258 g/mol. The molecule has 98 valence electrons. The first-order valence-corrected chi connectivity index (χ1v) is 10.5. The highest BCUT2D eigenvalue weighted by atomic mass is 28.3. The molecule has 1 aromatic rings. The molecule has 18 heavy (non-hydrogen) atoms. The van der Waals surface area contributed by atoms with Crippen molar-refractivity contribution in [1.82, 2.24) is 0 Å². The molecule has 0 bridgehead atoms. The van der Waals surface area contributed by atoms with E-state index in [-0.39, 0.29) is 0 Å². The number of hydrogen-bond acceptors (Lipinski definition) is 0. The van der Waals surface area contributed by atoms with Gasteiger partial charge in [0, 0.05) is 0 Å². The number of hydrogen-bond donors (Lipinski definition) is 0. The van der Waals surface area contributed by atoms with Crippen LogP contribution in [0.1, 0.15) is 31.7 Å². The fourth-order valence-electron chi connectivity index (χ4n) is 1.84. The molecule has 0 saturated carbocycles. The number of unbranched alkanes of at least 4 members (excludes halogenated alkanes) is 2. The summed E-state index contributed by atoms with van der Waals surface area (Å²) in [6.07, 6.45) is 10.8. The first kappa shape index (κ1) is 15.0. The van der Waals surface area contributed by atoms with E-state index in [4.69, 9.17) is 0 Å². The lowest BCUT2D eigenvalue weighted by Gasteiger charge is -2.18. The van der Waals surface area contributed by atoms with E-state index in [1.165, 1.54) is 24.8 Å². The predicted octanol–water partition coefficient (Wildman–Crippen LogP) is 5.69. The van der Waals surface area contributed by atoms with E-state index in [1.807, 2.05) is 0 Å². The quantitative estimate of drug-likeness (QED) is 0.349. The van der Waals surface area contributed by atoms with Gasteiger partial charge in [-0.1, -0.05) is 93.2 Å². The molecule has 0 fully saturated rings. The maximum Gasteiger partial charge on any atom is 0.0771 e. The fourth-order valence-corrected chi connectivity index (χ4v) is 3.18. The summed E-state index contributed by atoms with van der Waals surface area (Å²) < 4.78 is 0. The molecular formula is C17H26Si. The Hall–Kier alpha value is -1.08. The molecule has 0 amide bonds. The van der Waals surface area contributed by atoms with Crippen molar-refractivity contribution in [2.75, 3.05) is 0 Å². The summed E-state index contributed by atoms with van der Waals surface area (Å²) in [6.45, 7) is 9.50. The third kappa shape index (κ3) is 5.50. The Morgan fingerprint density at radius 1 is 1.11 bits per heavy atom. The van der Waals surface area contributed by atoms with Crippen molar-refractivity contribution in [2.24, 2.45) is 0 Å². The fraction of sp³-hybridized carbons (Fsp3) is 0.412. The van der Waals surface area contributed by atoms with Gasteiger partial charge < -0.3 is 0 Å². The van der Waals surface area contributed by atoms with Crippen molar-refractivity contribution in [1.29, 1.82) is 0 Å². The zero-order valence-electron chi connectivity index (χ0n) is 12.2. The zero-order valence-corrected chi connectivity index (χ0v) is 13.2. The highest BCUT2D eigenvalue weighted by Crippen LogP contribution is 2.18. The molecule has 0 unspecified atom stereocenters. The second-order valence-electron chi connectivity index (χ2n) is 5.80. The highest BCUT2D eigenvalue weighted by Gasteiger charge is 2.16. The first-order chi connectivity index (χ1) is 8.54. The smallest absolute Gasteiger partial charge is 0.0771 e. The molecule has 0 aliphatic carbocycles. The molecule has 1 aromatic carbocycles. The minimum atomic E-state index is -1.22. The van der Waals surface area contributed by atoms with Gasteiger partial charge in [0.1, 0.15) is 0 Å². The van der Waals surface area contributed by atoms with Crippen LogP contribution >= 0.6 is 0 Å². The Kier molecular flexibility index (Phi) is 6.13.